The van der Waals surface area contributed by atoms with Gasteiger partial charge in [0.05, 0.1) is 11.7 Å². The molecule has 0 bridgehead atoms. The zero-order valence-corrected chi connectivity index (χ0v) is 12.7. The number of aliphatic hydroxyl groups is 1. The summed E-state index contributed by atoms with van der Waals surface area (Å²) in [5, 5.41) is 13.3. The van der Waals surface area contributed by atoms with Gasteiger partial charge in [0.25, 0.3) is 0 Å². The number of nitrogens with one attached hydrogen (secondary N) is 1. The Hall–Kier alpha value is -1.07. The molecule has 0 spiro atoms. The van der Waals surface area contributed by atoms with Gasteiger partial charge in [-0.15, -0.1) is 0 Å². The highest BCUT2D eigenvalue weighted by molar-refractivity contribution is 5.26. The number of aliphatic hydroxyl groups excluding tert-OH is 1. The molecule has 0 aliphatic carbocycles. The van der Waals surface area contributed by atoms with E-state index in [2.05, 4.69) is 26.1 Å². The maximum atomic E-state index is 12.5. The molecule has 0 fully saturated rings. The van der Waals surface area contributed by atoms with Crippen molar-refractivity contribution in [1.29, 1.82) is 0 Å². The van der Waals surface area contributed by atoms with E-state index in [9.17, 15) is 18.3 Å². The number of rotatable bonds is 7. The molecule has 2 atom stereocenters. The Morgan fingerprint density at radius 2 is 1.62 bits per heavy atom. The van der Waals surface area contributed by atoms with Crippen molar-refractivity contribution < 1.29 is 18.3 Å². The average molecular weight is 303 g/mol. The fourth-order valence-electron chi connectivity index (χ4n) is 2.47. The molecule has 1 rings (SSSR count). The zero-order chi connectivity index (χ0) is 16.0. The lowest BCUT2D eigenvalue weighted by Crippen LogP contribution is -2.35. The molecule has 0 saturated carbocycles. The van der Waals surface area contributed by atoms with E-state index in [1.54, 1.807) is 0 Å². The molecule has 21 heavy (non-hydrogen) atoms. The van der Waals surface area contributed by atoms with Crippen molar-refractivity contribution in [2.75, 3.05) is 6.54 Å². The molecule has 0 heterocycles. The molecule has 0 amide bonds. The first-order valence-corrected chi connectivity index (χ1v) is 7.38. The smallest absolute Gasteiger partial charge is 0.387 e. The van der Waals surface area contributed by atoms with Crippen LogP contribution >= 0.6 is 0 Å². The summed E-state index contributed by atoms with van der Waals surface area (Å²) < 4.78 is 37.4. The first-order valence-electron chi connectivity index (χ1n) is 7.38. The van der Waals surface area contributed by atoms with Crippen LogP contribution in [0.4, 0.5) is 13.2 Å². The van der Waals surface area contributed by atoms with Gasteiger partial charge in [0, 0.05) is 12.6 Å². The highest BCUT2D eigenvalue weighted by Gasteiger charge is 2.30. The number of alkyl halides is 3. The summed E-state index contributed by atoms with van der Waals surface area (Å²) in [6, 6.07) is 4.93. The number of benzene rings is 1. The summed E-state index contributed by atoms with van der Waals surface area (Å²) in [5.74, 6) is 0.532. The van der Waals surface area contributed by atoms with E-state index < -0.39 is 17.8 Å². The number of hydrogen-bond donors (Lipinski definition) is 2. The van der Waals surface area contributed by atoms with Crippen molar-refractivity contribution in [2.45, 2.75) is 51.9 Å². The van der Waals surface area contributed by atoms with E-state index in [4.69, 9.17) is 0 Å². The van der Waals surface area contributed by atoms with Crippen LogP contribution in [0, 0.1) is 5.92 Å². The lowest BCUT2D eigenvalue weighted by molar-refractivity contribution is -0.137. The lowest BCUT2D eigenvalue weighted by Gasteiger charge is -2.24. The van der Waals surface area contributed by atoms with Gasteiger partial charge in [0.2, 0.25) is 0 Å². The van der Waals surface area contributed by atoms with E-state index in [1.165, 1.54) is 12.1 Å². The van der Waals surface area contributed by atoms with Crippen molar-refractivity contribution >= 4 is 0 Å². The molecule has 2 N–H and O–H groups in total. The largest absolute Gasteiger partial charge is 0.416 e. The Kier molecular flexibility index (Phi) is 6.68. The second-order valence-corrected chi connectivity index (χ2v) is 5.41. The van der Waals surface area contributed by atoms with E-state index in [1.807, 2.05) is 0 Å². The van der Waals surface area contributed by atoms with Crippen molar-refractivity contribution in [3.63, 3.8) is 0 Å². The van der Waals surface area contributed by atoms with Gasteiger partial charge in [-0.25, -0.2) is 0 Å². The molecule has 120 valence electrons. The third-order valence-electron chi connectivity index (χ3n) is 4.01. The highest BCUT2D eigenvalue weighted by atomic mass is 19.4. The van der Waals surface area contributed by atoms with Crippen LogP contribution in [0.15, 0.2) is 24.3 Å². The zero-order valence-electron chi connectivity index (χ0n) is 12.7. The van der Waals surface area contributed by atoms with Gasteiger partial charge < -0.3 is 10.4 Å². The van der Waals surface area contributed by atoms with Gasteiger partial charge in [-0.2, -0.15) is 13.2 Å². The summed E-state index contributed by atoms with van der Waals surface area (Å²) in [5.41, 5.74) is -0.205. The predicted molar refractivity (Wildman–Crippen MR) is 77.9 cm³/mol. The Morgan fingerprint density at radius 1 is 1.10 bits per heavy atom. The minimum Gasteiger partial charge on any atom is -0.387 e. The molecular weight excluding hydrogens is 279 g/mol. The van der Waals surface area contributed by atoms with E-state index >= 15 is 0 Å². The van der Waals surface area contributed by atoms with Crippen LogP contribution in [0.1, 0.15) is 50.8 Å². The Bertz CT molecular complexity index is 413. The fourth-order valence-corrected chi connectivity index (χ4v) is 2.47. The minimum absolute atomic E-state index is 0.268. The van der Waals surface area contributed by atoms with Gasteiger partial charge in [-0.1, -0.05) is 38.8 Å². The fraction of sp³-hybridized carbons (Fsp3) is 0.625. The van der Waals surface area contributed by atoms with Crippen LogP contribution in [0.5, 0.6) is 0 Å². The van der Waals surface area contributed by atoms with Crippen molar-refractivity contribution in [3.8, 4) is 0 Å². The van der Waals surface area contributed by atoms with Gasteiger partial charge in [-0.05, 0) is 30.5 Å². The van der Waals surface area contributed by atoms with Crippen LogP contribution in [-0.4, -0.2) is 17.7 Å². The standard InChI is InChI=1S/C16H24F3NO/c1-4-12(5-2)11(3)20-10-15(21)13-6-8-14(9-7-13)16(17,18)19/h6-9,11-12,15,20-21H,4-5,10H2,1-3H3. The molecule has 0 saturated heterocycles. The normalized spacial score (nSPS) is 15.2. The van der Waals surface area contributed by atoms with Crippen molar-refractivity contribution in [3.05, 3.63) is 35.4 Å². The lowest BCUT2D eigenvalue weighted by atomic mass is 9.95. The first-order chi connectivity index (χ1) is 9.79. The summed E-state index contributed by atoms with van der Waals surface area (Å²) >= 11 is 0. The molecule has 2 nitrogen and oxygen atoms in total. The maximum Gasteiger partial charge on any atom is 0.416 e. The quantitative estimate of drug-likeness (QED) is 0.793. The van der Waals surface area contributed by atoms with E-state index in [-0.39, 0.29) is 6.04 Å². The molecule has 0 aromatic heterocycles. The molecule has 0 aliphatic heterocycles. The summed E-state index contributed by atoms with van der Waals surface area (Å²) in [4.78, 5) is 0. The highest BCUT2D eigenvalue weighted by Crippen LogP contribution is 2.29. The summed E-state index contributed by atoms with van der Waals surface area (Å²) in [6.45, 7) is 6.65. The van der Waals surface area contributed by atoms with Gasteiger partial charge in [-0.3, -0.25) is 0 Å². The van der Waals surface area contributed by atoms with Crippen LogP contribution in [0.3, 0.4) is 0 Å². The van der Waals surface area contributed by atoms with Gasteiger partial charge >= 0.3 is 6.18 Å². The third-order valence-corrected chi connectivity index (χ3v) is 4.01. The SMILES string of the molecule is CCC(CC)C(C)NCC(O)c1ccc(C(F)(F)F)cc1. The van der Waals surface area contributed by atoms with E-state index in [0.29, 0.717) is 18.0 Å². The molecule has 2 unspecified atom stereocenters. The predicted octanol–water partition coefficient (Wildman–Crippen LogP) is 4.15. The first kappa shape index (κ1) is 18.0. The monoisotopic (exact) mass is 303 g/mol. The Morgan fingerprint density at radius 3 is 2.05 bits per heavy atom. The molecule has 1 aromatic carbocycles. The topological polar surface area (TPSA) is 32.3 Å². The summed E-state index contributed by atoms with van der Waals surface area (Å²) in [6.07, 6.45) is -3.03. The van der Waals surface area contributed by atoms with E-state index in [0.717, 1.165) is 25.0 Å². The minimum atomic E-state index is -4.34. The van der Waals surface area contributed by atoms with Crippen LogP contribution in [0.2, 0.25) is 0 Å². The van der Waals surface area contributed by atoms with Gasteiger partial charge in [0.1, 0.15) is 0 Å². The Balaban J connectivity index is 2.58. The number of halogens is 3. The van der Waals surface area contributed by atoms with Crippen LogP contribution < -0.4 is 5.32 Å². The molecular formula is C16H24F3NO. The molecule has 0 aliphatic rings. The molecule has 5 heteroatoms. The van der Waals surface area contributed by atoms with Crippen molar-refractivity contribution in [1.82, 2.24) is 5.32 Å². The van der Waals surface area contributed by atoms with Crippen LogP contribution in [0.25, 0.3) is 0 Å². The Labute approximate surface area is 124 Å². The molecule has 0 radical (unpaired) electrons. The maximum absolute atomic E-state index is 12.5. The van der Waals surface area contributed by atoms with Crippen molar-refractivity contribution in [2.24, 2.45) is 5.92 Å². The van der Waals surface area contributed by atoms with Gasteiger partial charge in [0.15, 0.2) is 0 Å². The van der Waals surface area contributed by atoms with Crippen LogP contribution in [-0.2, 0) is 6.18 Å². The summed E-state index contributed by atoms with van der Waals surface area (Å²) in [7, 11) is 0. The third kappa shape index (κ3) is 5.32. The second-order valence-electron chi connectivity index (χ2n) is 5.41. The molecule has 1 aromatic rings. The average Bonchev–Trinajstić information content (AvgIpc) is 2.45. The second kappa shape index (κ2) is 7.80. The number of hydrogen-bond acceptors (Lipinski definition) is 2.